The fraction of sp³-hybridized carbons (Fsp3) is 0.500. The highest BCUT2D eigenvalue weighted by molar-refractivity contribution is 7.89. The molecule has 0 heterocycles. The van der Waals surface area contributed by atoms with Crippen LogP contribution in [0.15, 0.2) is 17.0 Å². The third-order valence-electron chi connectivity index (χ3n) is 3.43. The van der Waals surface area contributed by atoms with Crippen molar-refractivity contribution >= 4 is 44.8 Å². The summed E-state index contributed by atoms with van der Waals surface area (Å²) in [4.78, 5) is -0.172. The number of nitrogens with one attached hydrogen (secondary N) is 1. The van der Waals surface area contributed by atoms with E-state index in [0.717, 1.165) is 12.8 Å². The largest absolute Gasteiger partial charge is 0.396 e. The average molecular weight is 359 g/mol. The Balaban J connectivity index is 2.32. The monoisotopic (exact) mass is 357 g/mol. The van der Waals surface area contributed by atoms with E-state index in [1.165, 1.54) is 12.1 Å². The minimum absolute atomic E-state index is 0.0199. The first kappa shape index (κ1) is 16.3. The molecule has 1 aliphatic rings. The van der Waals surface area contributed by atoms with Crippen molar-refractivity contribution in [3.63, 3.8) is 0 Å². The van der Waals surface area contributed by atoms with Gasteiger partial charge in [-0.3, -0.25) is 0 Å². The molecule has 2 atom stereocenters. The van der Waals surface area contributed by atoms with Gasteiger partial charge in [0.1, 0.15) is 4.90 Å². The normalized spacial score (nSPS) is 23.2. The average Bonchev–Trinajstić information content (AvgIpc) is 2.73. The Bertz CT molecular complexity index is 583. The predicted octanol–water partition coefficient (Wildman–Crippen LogP) is 3.09. The van der Waals surface area contributed by atoms with E-state index in [9.17, 15) is 13.5 Å². The van der Waals surface area contributed by atoms with Gasteiger partial charge in [-0.1, -0.05) is 41.2 Å². The van der Waals surface area contributed by atoms with Crippen molar-refractivity contribution in [2.24, 2.45) is 5.92 Å². The number of hydrogen-bond donors (Lipinski definition) is 2. The molecule has 1 fully saturated rings. The van der Waals surface area contributed by atoms with Crippen molar-refractivity contribution in [1.29, 1.82) is 0 Å². The van der Waals surface area contributed by atoms with Crippen molar-refractivity contribution in [1.82, 2.24) is 4.72 Å². The molecule has 1 saturated carbocycles. The van der Waals surface area contributed by atoms with Crippen molar-refractivity contribution in [3.8, 4) is 0 Å². The van der Waals surface area contributed by atoms with Crippen LogP contribution in [0.25, 0.3) is 0 Å². The van der Waals surface area contributed by atoms with Crippen LogP contribution in [-0.4, -0.2) is 26.2 Å². The smallest absolute Gasteiger partial charge is 0.243 e. The van der Waals surface area contributed by atoms with Crippen molar-refractivity contribution < 1.29 is 13.5 Å². The summed E-state index contributed by atoms with van der Waals surface area (Å²) in [5.74, 6) is -0.0744. The number of halogens is 3. The van der Waals surface area contributed by atoms with Gasteiger partial charge in [-0.15, -0.1) is 0 Å². The summed E-state index contributed by atoms with van der Waals surface area (Å²) in [6.45, 7) is -0.0464. The van der Waals surface area contributed by atoms with E-state index in [2.05, 4.69) is 4.72 Å². The van der Waals surface area contributed by atoms with Crippen LogP contribution in [0.3, 0.4) is 0 Å². The highest BCUT2D eigenvalue weighted by atomic mass is 35.5. The molecule has 0 spiro atoms. The van der Waals surface area contributed by atoms with E-state index in [-0.39, 0.29) is 38.5 Å². The predicted molar refractivity (Wildman–Crippen MR) is 80.0 cm³/mol. The molecule has 1 aromatic carbocycles. The second-order valence-electron chi connectivity index (χ2n) is 4.80. The number of benzene rings is 1. The molecule has 0 aliphatic heterocycles. The quantitative estimate of drug-likeness (QED) is 0.869. The van der Waals surface area contributed by atoms with Gasteiger partial charge < -0.3 is 5.11 Å². The van der Waals surface area contributed by atoms with Crippen molar-refractivity contribution in [2.45, 2.75) is 30.2 Å². The summed E-state index contributed by atoms with van der Waals surface area (Å²) in [6.07, 6.45) is 2.36. The van der Waals surface area contributed by atoms with E-state index in [0.29, 0.717) is 6.42 Å². The molecule has 2 unspecified atom stereocenters. The standard InChI is InChI=1S/C12H14Cl3NO3S/c13-8-4-9(14)12(10(15)5-8)20(18,19)16-11-3-1-2-7(11)6-17/h4-5,7,11,16-17H,1-3,6H2. The lowest BCUT2D eigenvalue weighted by molar-refractivity contribution is 0.213. The Kier molecular flexibility index (Phi) is 5.21. The highest BCUT2D eigenvalue weighted by Crippen LogP contribution is 2.34. The zero-order valence-electron chi connectivity index (χ0n) is 10.4. The fourth-order valence-electron chi connectivity index (χ4n) is 2.45. The van der Waals surface area contributed by atoms with Gasteiger partial charge in [-0.05, 0) is 30.9 Å². The molecule has 0 saturated heterocycles. The maximum atomic E-state index is 12.4. The van der Waals surface area contributed by atoms with Crippen LogP contribution in [0.1, 0.15) is 19.3 Å². The molecular formula is C12H14Cl3NO3S. The molecule has 1 aromatic rings. The number of hydrogen-bond acceptors (Lipinski definition) is 3. The summed E-state index contributed by atoms with van der Waals surface area (Å²) < 4.78 is 27.4. The van der Waals surface area contributed by atoms with Gasteiger partial charge in [-0.2, -0.15) is 0 Å². The first-order valence-corrected chi connectivity index (χ1v) is 8.74. The number of aliphatic hydroxyl groups is 1. The summed E-state index contributed by atoms with van der Waals surface area (Å²) in [7, 11) is -3.85. The van der Waals surface area contributed by atoms with Crippen molar-refractivity contribution in [3.05, 3.63) is 27.2 Å². The second-order valence-corrected chi connectivity index (χ2v) is 7.70. The van der Waals surface area contributed by atoms with Gasteiger partial charge in [0, 0.05) is 17.7 Å². The van der Waals surface area contributed by atoms with Gasteiger partial charge in [0.2, 0.25) is 10.0 Å². The Labute approximate surface area is 133 Å². The van der Waals surface area contributed by atoms with E-state index in [1.807, 2.05) is 0 Å². The Morgan fingerprint density at radius 3 is 2.35 bits per heavy atom. The maximum Gasteiger partial charge on any atom is 0.243 e. The molecular weight excluding hydrogens is 345 g/mol. The topological polar surface area (TPSA) is 66.4 Å². The molecule has 112 valence electrons. The van der Waals surface area contributed by atoms with E-state index >= 15 is 0 Å². The lowest BCUT2D eigenvalue weighted by Gasteiger charge is -2.20. The Morgan fingerprint density at radius 1 is 1.20 bits per heavy atom. The van der Waals surface area contributed by atoms with E-state index < -0.39 is 10.0 Å². The minimum Gasteiger partial charge on any atom is -0.396 e. The molecule has 2 N–H and O–H groups in total. The number of rotatable bonds is 4. The lowest BCUT2D eigenvalue weighted by Crippen LogP contribution is -2.38. The molecule has 4 nitrogen and oxygen atoms in total. The zero-order chi connectivity index (χ0) is 14.9. The fourth-order valence-corrected chi connectivity index (χ4v) is 5.34. The zero-order valence-corrected chi connectivity index (χ0v) is 13.5. The van der Waals surface area contributed by atoms with E-state index in [4.69, 9.17) is 34.8 Å². The van der Waals surface area contributed by atoms with Gasteiger partial charge in [0.05, 0.1) is 10.0 Å². The summed E-state index contributed by atoms with van der Waals surface area (Å²) >= 11 is 17.6. The molecule has 1 aliphatic carbocycles. The van der Waals surface area contributed by atoms with Crippen LogP contribution in [0, 0.1) is 5.92 Å². The van der Waals surface area contributed by atoms with Crippen LogP contribution in [0.4, 0.5) is 0 Å². The molecule has 8 heteroatoms. The van der Waals surface area contributed by atoms with Gasteiger partial charge in [0.25, 0.3) is 0 Å². The van der Waals surface area contributed by atoms with Crippen molar-refractivity contribution in [2.75, 3.05) is 6.61 Å². The molecule has 0 amide bonds. The third kappa shape index (κ3) is 3.40. The summed E-state index contributed by atoms with van der Waals surface area (Å²) in [5, 5.41) is 9.48. The molecule has 20 heavy (non-hydrogen) atoms. The van der Waals surface area contributed by atoms with Gasteiger partial charge >= 0.3 is 0 Å². The molecule has 0 aromatic heterocycles. The number of sulfonamides is 1. The maximum absolute atomic E-state index is 12.4. The molecule has 0 radical (unpaired) electrons. The third-order valence-corrected chi connectivity index (χ3v) is 6.06. The first-order valence-electron chi connectivity index (χ1n) is 6.13. The summed E-state index contributed by atoms with van der Waals surface area (Å²) in [6, 6.07) is 2.37. The van der Waals surface area contributed by atoms with Gasteiger partial charge in [-0.25, -0.2) is 13.1 Å². The highest BCUT2D eigenvalue weighted by Gasteiger charge is 2.32. The van der Waals surface area contributed by atoms with Crippen LogP contribution in [-0.2, 0) is 10.0 Å². The second kappa shape index (κ2) is 6.38. The minimum atomic E-state index is -3.85. The Hall–Kier alpha value is -0.0400. The number of aliphatic hydroxyl groups excluding tert-OH is 1. The SMILES string of the molecule is O=S(=O)(NC1CCCC1CO)c1c(Cl)cc(Cl)cc1Cl. The summed E-state index contributed by atoms with van der Waals surface area (Å²) in [5.41, 5.74) is 0. The van der Waals surface area contributed by atoms with Crippen LogP contribution in [0.5, 0.6) is 0 Å². The Morgan fingerprint density at radius 2 is 1.80 bits per heavy atom. The molecule has 0 bridgehead atoms. The first-order chi connectivity index (χ1) is 9.35. The van der Waals surface area contributed by atoms with Crippen LogP contribution >= 0.6 is 34.8 Å². The van der Waals surface area contributed by atoms with Crippen LogP contribution < -0.4 is 4.72 Å². The van der Waals surface area contributed by atoms with E-state index in [1.54, 1.807) is 0 Å². The molecule has 2 rings (SSSR count). The van der Waals surface area contributed by atoms with Gasteiger partial charge in [0.15, 0.2) is 0 Å². The van der Waals surface area contributed by atoms with Crippen LogP contribution in [0.2, 0.25) is 15.1 Å². The lowest BCUT2D eigenvalue weighted by atomic mass is 10.1.